The number of para-hydroxylation sites is 1. The number of aliphatic hydroxyl groups is 1. The number of nitrogens with zero attached hydrogens (tertiary/aromatic N) is 7. The Morgan fingerprint density at radius 2 is 1.77 bits per heavy atom. The summed E-state index contributed by atoms with van der Waals surface area (Å²) in [6.07, 6.45) is 5.42. The summed E-state index contributed by atoms with van der Waals surface area (Å²) in [6, 6.07) is 6.69. The molecule has 2 aromatic heterocycles. The predicted octanol–water partition coefficient (Wildman–Crippen LogP) is 3.04. The number of aromatic nitrogens is 4. The Morgan fingerprint density at radius 3 is 2.54 bits per heavy atom. The highest BCUT2D eigenvalue weighted by atomic mass is 19.1. The van der Waals surface area contributed by atoms with Crippen LogP contribution >= 0.6 is 0 Å². The van der Waals surface area contributed by atoms with Gasteiger partial charge < -0.3 is 30.4 Å². The molecule has 1 atom stereocenters. The van der Waals surface area contributed by atoms with Crippen LogP contribution in [0.5, 0.6) is 0 Å². The highest BCUT2D eigenvalue weighted by Gasteiger charge is 2.34. The van der Waals surface area contributed by atoms with Crippen LogP contribution in [0.1, 0.15) is 38.1 Å². The van der Waals surface area contributed by atoms with E-state index in [1.54, 1.807) is 24.4 Å². The third-order valence-corrected chi connectivity index (χ3v) is 8.16. The number of amides is 2. The van der Waals surface area contributed by atoms with Crippen molar-refractivity contribution in [3.05, 3.63) is 36.3 Å². The lowest BCUT2D eigenvalue weighted by molar-refractivity contribution is 0.126. The Balaban J connectivity index is 1.28. The molecular weight excluding hydrogens is 501 g/mol. The molecule has 0 spiro atoms. The van der Waals surface area contributed by atoms with Crippen molar-refractivity contribution in [1.82, 2.24) is 34.2 Å². The number of carbonyl (C=O) groups is 1. The normalized spacial score (nSPS) is 24.3. The van der Waals surface area contributed by atoms with Gasteiger partial charge in [0.25, 0.3) is 0 Å². The molecule has 3 N–H and O–H groups in total. The molecule has 0 bridgehead atoms. The molecule has 3 fully saturated rings. The maximum absolute atomic E-state index is 14.6. The lowest BCUT2D eigenvalue weighted by atomic mass is 9.93. The highest BCUT2D eigenvalue weighted by Crippen LogP contribution is 2.33. The van der Waals surface area contributed by atoms with Gasteiger partial charge in [0.2, 0.25) is 11.9 Å². The minimum Gasteiger partial charge on any atom is -0.393 e. The molecule has 1 aromatic carbocycles. The minimum atomic E-state index is -0.373. The van der Waals surface area contributed by atoms with Crippen LogP contribution in [0.2, 0.25) is 0 Å². The largest absolute Gasteiger partial charge is 0.393 e. The van der Waals surface area contributed by atoms with Gasteiger partial charge in [0.1, 0.15) is 11.3 Å². The van der Waals surface area contributed by atoms with Crippen LogP contribution in [0.25, 0.3) is 11.2 Å². The van der Waals surface area contributed by atoms with Crippen LogP contribution < -0.4 is 10.6 Å². The van der Waals surface area contributed by atoms with Crippen molar-refractivity contribution in [2.45, 2.75) is 50.3 Å². The van der Waals surface area contributed by atoms with E-state index < -0.39 is 0 Å². The maximum Gasteiger partial charge on any atom is 0.320 e. The average Bonchev–Trinajstić information content (AvgIpc) is 3.56. The summed E-state index contributed by atoms with van der Waals surface area (Å²) in [5, 5.41) is 16.4. The van der Waals surface area contributed by atoms with E-state index in [4.69, 9.17) is 9.97 Å². The van der Waals surface area contributed by atoms with Gasteiger partial charge in [0.15, 0.2) is 5.65 Å². The number of rotatable bonds is 5. The van der Waals surface area contributed by atoms with Crippen molar-refractivity contribution in [2.24, 2.45) is 0 Å². The first kappa shape index (κ1) is 25.8. The number of hydrogen-bond donors (Lipinski definition) is 3. The topological polar surface area (TPSA) is 115 Å². The van der Waals surface area contributed by atoms with Crippen molar-refractivity contribution in [2.75, 3.05) is 56.9 Å². The molecule has 4 heterocycles. The molecule has 2 amide bonds. The second-order valence-corrected chi connectivity index (χ2v) is 10.9. The Morgan fingerprint density at radius 1 is 1.00 bits per heavy atom. The summed E-state index contributed by atoms with van der Waals surface area (Å²) in [4.78, 5) is 33.4. The first-order chi connectivity index (χ1) is 18.9. The molecule has 2 saturated heterocycles. The van der Waals surface area contributed by atoms with Gasteiger partial charge in [-0.05, 0) is 51.3 Å². The van der Waals surface area contributed by atoms with Crippen molar-refractivity contribution in [3.63, 3.8) is 0 Å². The SMILES string of the molecule is CN1CCN(C(=O)N2CCC(n3c(Nc4ccccc4F)nc4cnc(N[C@H]5CC[C@H](O)CC5)nc43)C2)CC1. The summed E-state index contributed by atoms with van der Waals surface area (Å²) in [5.41, 5.74) is 1.56. The first-order valence-corrected chi connectivity index (χ1v) is 13.9. The molecule has 6 rings (SSSR count). The van der Waals surface area contributed by atoms with E-state index in [2.05, 4.69) is 27.6 Å². The lowest BCUT2D eigenvalue weighted by Crippen LogP contribution is -2.51. The van der Waals surface area contributed by atoms with Gasteiger partial charge >= 0.3 is 6.03 Å². The number of benzene rings is 1. The monoisotopic (exact) mass is 537 g/mol. The zero-order chi connectivity index (χ0) is 26.9. The fourth-order valence-corrected chi connectivity index (χ4v) is 5.80. The fraction of sp³-hybridized carbons (Fsp3) is 0.556. The number of fused-ring (bicyclic) bond motifs is 1. The number of halogens is 1. The number of nitrogens with one attached hydrogen (secondary N) is 2. The molecule has 39 heavy (non-hydrogen) atoms. The minimum absolute atomic E-state index is 0.0649. The van der Waals surface area contributed by atoms with Crippen LogP contribution in [0.4, 0.5) is 26.8 Å². The summed E-state index contributed by atoms with van der Waals surface area (Å²) < 4.78 is 16.6. The van der Waals surface area contributed by atoms with Crippen LogP contribution in [-0.2, 0) is 0 Å². The molecular formula is C27H36FN9O2. The number of aliphatic hydroxyl groups excluding tert-OH is 1. The lowest BCUT2D eigenvalue weighted by Gasteiger charge is -2.35. The van der Waals surface area contributed by atoms with Gasteiger partial charge in [-0.25, -0.2) is 19.2 Å². The Hall–Kier alpha value is -3.51. The van der Waals surface area contributed by atoms with E-state index in [0.717, 1.165) is 58.3 Å². The van der Waals surface area contributed by atoms with E-state index in [1.165, 1.54) is 6.07 Å². The Bertz CT molecular complexity index is 1320. The predicted molar refractivity (Wildman–Crippen MR) is 147 cm³/mol. The number of piperazine rings is 1. The molecule has 1 aliphatic carbocycles. The van der Waals surface area contributed by atoms with Crippen LogP contribution in [0, 0.1) is 5.82 Å². The molecule has 1 unspecified atom stereocenters. The summed E-state index contributed by atoms with van der Waals surface area (Å²) >= 11 is 0. The van der Waals surface area contributed by atoms with Crippen LogP contribution in [0.3, 0.4) is 0 Å². The van der Waals surface area contributed by atoms with Gasteiger partial charge in [-0.3, -0.25) is 4.57 Å². The molecule has 1 saturated carbocycles. The number of urea groups is 1. The third kappa shape index (κ3) is 5.48. The number of anilines is 3. The number of likely N-dealkylation sites (N-methyl/N-ethyl adjacent to an activating group) is 1. The zero-order valence-corrected chi connectivity index (χ0v) is 22.3. The van der Waals surface area contributed by atoms with Crippen LogP contribution in [0.15, 0.2) is 30.5 Å². The summed E-state index contributed by atoms with van der Waals surface area (Å²) in [7, 11) is 2.07. The van der Waals surface area contributed by atoms with Gasteiger partial charge in [0, 0.05) is 45.3 Å². The quantitative estimate of drug-likeness (QED) is 0.455. The first-order valence-electron chi connectivity index (χ1n) is 13.9. The van der Waals surface area contributed by atoms with E-state index in [-0.39, 0.29) is 30.0 Å². The summed E-state index contributed by atoms with van der Waals surface area (Å²) in [6.45, 7) is 4.36. The Labute approximate surface area is 227 Å². The smallest absolute Gasteiger partial charge is 0.320 e. The van der Waals surface area contributed by atoms with Crippen LogP contribution in [-0.4, -0.2) is 104 Å². The standard InChI is InChI=1S/C27H36FN9O2/c1-34-12-14-35(15-13-34)27(39)36-11-10-19(17-36)37-24-23(32-26(37)31-22-5-3-2-4-21(22)28)16-29-25(33-24)30-18-6-8-20(38)9-7-18/h2-5,16,18-20,38H,6-15,17H2,1H3,(H,31,32)(H,29,30,33)/t18-,19?,20-. The zero-order valence-electron chi connectivity index (χ0n) is 22.3. The highest BCUT2D eigenvalue weighted by molar-refractivity contribution is 5.77. The molecule has 3 aromatic rings. The van der Waals surface area contributed by atoms with Gasteiger partial charge in [0.05, 0.1) is 24.0 Å². The summed E-state index contributed by atoms with van der Waals surface area (Å²) in [5.74, 6) is 0.606. The van der Waals surface area contributed by atoms with E-state index >= 15 is 0 Å². The van der Waals surface area contributed by atoms with Gasteiger partial charge in [-0.1, -0.05) is 12.1 Å². The van der Waals surface area contributed by atoms with Crippen molar-refractivity contribution in [3.8, 4) is 0 Å². The second-order valence-electron chi connectivity index (χ2n) is 10.9. The maximum atomic E-state index is 14.6. The van der Waals surface area contributed by atoms with Gasteiger partial charge in [-0.2, -0.15) is 4.98 Å². The van der Waals surface area contributed by atoms with E-state index in [1.807, 2.05) is 14.4 Å². The number of imidazole rings is 1. The molecule has 2 aliphatic heterocycles. The average molecular weight is 538 g/mol. The molecule has 208 valence electrons. The number of carbonyl (C=O) groups excluding carboxylic acids is 1. The van der Waals surface area contributed by atoms with E-state index in [9.17, 15) is 14.3 Å². The molecule has 12 heteroatoms. The van der Waals surface area contributed by atoms with E-state index in [0.29, 0.717) is 41.8 Å². The van der Waals surface area contributed by atoms with Crippen molar-refractivity contribution in [1.29, 1.82) is 0 Å². The van der Waals surface area contributed by atoms with Crippen molar-refractivity contribution < 1.29 is 14.3 Å². The van der Waals surface area contributed by atoms with Gasteiger partial charge in [-0.15, -0.1) is 0 Å². The molecule has 3 aliphatic rings. The number of hydrogen-bond acceptors (Lipinski definition) is 8. The Kier molecular flexibility index (Phi) is 7.22. The molecule has 0 radical (unpaired) electrons. The van der Waals surface area contributed by atoms with Crippen molar-refractivity contribution >= 4 is 34.8 Å². The fourth-order valence-electron chi connectivity index (χ4n) is 5.80. The third-order valence-electron chi connectivity index (χ3n) is 8.16. The number of likely N-dealkylation sites (tertiary alicyclic amines) is 1. The second kappa shape index (κ2) is 10.9. The molecule has 11 nitrogen and oxygen atoms in total.